The SMILES string of the molecule is COC(=O)CCN(CC(F)(F)F)C(=O)C1CC2CC2C1. The highest BCUT2D eigenvalue weighted by Gasteiger charge is 2.49. The first-order chi connectivity index (χ1) is 9.30. The maximum Gasteiger partial charge on any atom is 0.406 e. The van der Waals surface area contributed by atoms with Gasteiger partial charge in [-0.05, 0) is 31.1 Å². The Hall–Kier alpha value is -1.27. The number of alkyl halides is 3. The number of halogens is 3. The number of carbonyl (C=O) groups is 2. The largest absolute Gasteiger partial charge is 0.469 e. The molecule has 2 aliphatic rings. The van der Waals surface area contributed by atoms with Crippen molar-refractivity contribution in [2.24, 2.45) is 17.8 Å². The zero-order chi connectivity index (χ0) is 14.9. The second kappa shape index (κ2) is 5.61. The summed E-state index contributed by atoms with van der Waals surface area (Å²) in [6.45, 7) is -1.54. The molecule has 2 unspecified atom stereocenters. The molecule has 0 aromatic carbocycles. The van der Waals surface area contributed by atoms with Crippen LogP contribution >= 0.6 is 0 Å². The van der Waals surface area contributed by atoms with Gasteiger partial charge in [-0.3, -0.25) is 9.59 Å². The van der Waals surface area contributed by atoms with Crippen molar-refractivity contribution in [1.82, 2.24) is 4.90 Å². The Morgan fingerprint density at radius 1 is 1.20 bits per heavy atom. The van der Waals surface area contributed by atoms with Gasteiger partial charge in [-0.25, -0.2) is 0 Å². The molecule has 20 heavy (non-hydrogen) atoms. The zero-order valence-corrected chi connectivity index (χ0v) is 11.3. The first kappa shape index (κ1) is 15.1. The Bertz CT molecular complexity index is 387. The predicted molar refractivity (Wildman–Crippen MR) is 63.6 cm³/mol. The Labute approximate surface area is 115 Å². The molecule has 0 heterocycles. The van der Waals surface area contributed by atoms with Gasteiger partial charge in [0, 0.05) is 12.5 Å². The molecule has 114 valence electrons. The highest BCUT2D eigenvalue weighted by Crippen LogP contribution is 2.54. The van der Waals surface area contributed by atoms with Crippen molar-refractivity contribution < 1.29 is 27.5 Å². The van der Waals surface area contributed by atoms with Crippen LogP contribution in [-0.4, -0.2) is 43.2 Å². The summed E-state index contributed by atoms with van der Waals surface area (Å²) < 4.78 is 42.0. The van der Waals surface area contributed by atoms with Gasteiger partial charge in [0.05, 0.1) is 13.5 Å². The van der Waals surface area contributed by atoms with E-state index in [-0.39, 0.29) is 18.9 Å². The quantitative estimate of drug-likeness (QED) is 0.728. The smallest absolute Gasteiger partial charge is 0.406 e. The van der Waals surface area contributed by atoms with Gasteiger partial charge in [-0.2, -0.15) is 13.2 Å². The summed E-state index contributed by atoms with van der Waals surface area (Å²) in [5.41, 5.74) is 0. The summed E-state index contributed by atoms with van der Waals surface area (Å²) in [5, 5.41) is 0. The van der Waals surface area contributed by atoms with Crippen molar-refractivity contribution in [2.45, 2.75) is 31.9 Å². The van der Waals surface area contributed by atoms with Crippen molar-refractivity contribution in [3.05, 3.63) is 0 Å². The fourth-order valence-electron chi connectivity index (χ4n) is 2.99. The first-order valence-electron chi connectivity index (χ1n) is 6.72. The fourth-order valence-corrected chi connectivity index (χ4v) is 2.99. The first-order valence-corrected chi connectivity index (χ1v) is 6.72. The maximum atomic E-state index is 12.5. The highest BCUT2D eigenvalue weighted by molar-refractivity contribution is 5.80. The van der Waals surface area contributed by atoms with E-state index in [1.54, 1.807) is 0 Å². The van der Waals surface area contributed by atoms with Crippen LogP contribution in [0.25, 0.3) is 0 Å². The van der Waals surface area contributed by atoms with Crippen LogP contribution in [0.3, 0.4) is 0 Å². The molecule has 0 N–H and O–H groups in total. The number of carbonyl (C=O) groups excluding carboxylic acids is 2. The molecule has 1 amide bonds. The van der Waals surface area contributed by atoms with Gasteiger partial charge in [0.2, 0.25) is 5.91 Å². The molecular formula is C13H18F3NO3. The summed E-state index contributed by atoms with van der Waals surface area (Å²) in [5.74, 6) is -0.342. The summed E-state index contributed by atoms with van der Waals surface area (Å²) >= 11 is 0. The molecular weight excluding hydrogens is 275 g/mol. The van der Waals surface area contributed by atoms with Crippen LogP contribution < -0.4 is 0 Å². The lowest BCUT2D eigenvalue weighted by atomic mass is 10.0. The van der Waals surface area contributed by atoms with E-state index in [1.807, 2.05) is 0 Å². The molecule has 4 nitrogen and oxygen atoms in total. The average Bonchev–Trinajstić information content (AvgIpc) is 2.98. The third kappa shape index (κ3) is 3.86. The van der Waals surface area contributed by atoms with Crippen molar-refractivity contribution in [3.8, 4) is 0 Å². The van der Waals surface area contributed by atoms with Crippen molar-refractivity contribution in [3.63, 3.8) is 0 Å². The lowest BCUT2D eigenvalue weighted by Gasteiger charge is -2.26. The topological polar surface area (TPSA) is 46.6 Å². The third-order valence-electron chi connectivity index (χ3n) is 4.09. The van der Waals surface area contributed by atoms with Crippen LogP contribution in [0.4, 0.5) is 13.2 Å². The molecule has 0 bridgehead atoms. The normalized spacial score (nSPS) is 27.9. The van der Waals surface area contributed by atoms with Crippen molar-refractivity contribution in [1.29, 1.82) is 0 Å². The number of nitrogens with zero attached hydrogens (tertiary/aromatic N) is 1. The monoisotopic (exact) mass is 293 g/mol. The number of amides is 1. The number of esters is 1. The van der Waals surface area contributed by atoms with Crippen LogP contribution in [-0.2, 0) is 14.3 Å². The number of hydrogen-bond donors (Lipinski definition) is 0. The van der Waals surface area contributed by atoms with Crippen LogP contribution in [0.15, 0.2) is 0 Å². The van der Waals surface area contributed by atoms with Gasteiger partial charge in [0.1, 0.15) is 6.54 Å². The number of fused-ring (bicyclic) bond motifs is 1. The summed E-state index contributed by atoms with van der Waals surface area (Å²) in [7, 11) is 1.17. The number of ether oxygens (including phenoxy) is 1. The summed E-state index contributed by atoms with van der Waals surface area (Å²) in [4.78, 5) is 24.0. The molecule has 0 aromatic rings. The standard InChI is InChI=1S/C13H18F3NO3/c1-20-11(18)2-3-17(7-13(14,15)16)12(19)10-5-8-4-9(8)6-10/h8-10H,2-7H2,1H3. The molecule has 7 heteroatoms. The van der Waals surface area contributed by atoms with Crippen LogP contribution in [0.2, 0.25) is 0 Å². The lowest BCUT2D eigenvalue weighted by Crippen LogP contribution is -2.43. The lowest BCUT2D eigenvalue weighted by molar-refractivity contribution is -0.165. The van der Waals surface area contributed by atoms with Gasteiger partial charge < -0.3 is 9.64 Å². The second-order valence-corrected chi connectivity index (χ2v) is 5.63. The molecule has 2 rings (SSSR count). The van der Waals surface area contributed by atoms with Gasteiger partial charge in [0.25, 0.3) is 0 Å². The van der Waals surface area contributed by atoms with E-state index in [4.69, 9.17) is 0 Å². The van der Waals surface area contributed by atoms with Gasteiger partial charge in [0.15, 0.2) is 0 Å². The molecule has 0 spiro atoms. The van der Waals surface area contributed by atoms with E-state index in [0.29, 0.717) is 24.7 Å². The fraction of sp³-hybridized carbons (Fsp3) is 0.846. The molecule has 2 saturated carbocycles. The highest BCUT2D eigenvalue weighted by atomic mass is 19.4. The van der Waals surface area contributed by atoms with E-state index < -0.39 is 24.6 Å². The maximum absolute atomic E-state index is 12.5. The summed E-state index contributed by atoms with van der Waals surface area (Å²) in [6, 6.07) is 0. The van der Waals surface area contributed by atoms with E-state index in [2.05, 4.69) is 4.74 Å². The Morgan fingerprint density at radius 2 is 1.80 bits per heavy atom. The van der Waals surface area contributed by atoms with E-state index >= 15 is 0 Å². The third-order valence-corrected chi connectivity index (χ3v) is 4.09. The van der Waals surface area contributed by atoms with Gasteiger partial charge in [-0.15, -0.1) is 0 Å². The number of rotatable bonds is 5. The van der Waals surface area contributed by atoms with E-state index in [9.17, 15) is 22.8 Å². The van der Waals surface area contributed by atoms with Gasteiger partial charge >= 0.3 is 12.1 Å². The zero-order valence-electron chi connectivity index (χ0n) is 11.3. The van der Waals surface area contributed by atoms with Crippen molar-refractivity contribution >= 4 is 11.9 Å². The average molecular weight is 293 g/mol. The van der Waals surface area contributed by atoms with Crippen LogP contribution in [0.1, 0.15) is 25.7 Å². The molecule has 0 radical (unpaired) electrons. The Morgan fingerprint density at radius 3 is 2.30 bits per heavy atom. The van der Waals surface area contributed by atoms with Crippen LogP contribution in [0, 0.1) is 17.8 Å². The second-order valence-electron chi connectivity index (χ2n) is 5.63. The molecule has 0 saturated heterocycles. The van der Waals surface area contributed by atoms with E-state index in [1.165, 1.54) is 7.11 Å². The minimum absolute atomic E-state index is 0.210. The van der Waals surface area contributed by atoms with Crippen LogP contribution in [0.5, 0.6) is 0 Å². The predicted octanol–water partition coefficient (Wildman–Crippen LogP) is 1.99. The molecule has 0 aromatic heterocycles. The Balaban J connectivity index is 1.93. The summed E-state index contributed by atoms with van der Waals surface area (Å²) in [6.07, 6.45) is -2.18. The minimum Gasteiger partial charge on any atom is -0.469 e. The number of methoxy groups -OCH3 is 1. The van der Waals surface area contributed by atoms with Crippen molar-refractivity contribution in [2.75, 3.05) is 20.2 Å². The minimum atomic E-state index is -4.45. The molecule has 2 fully saturated rings. The van der Waals surface area contributed by atoms with Gasteiger partial charge in [-0.1, -0.05) is 0 Å². The number of hydrogen-bond acceptors (Lipinski definition) is 3. The van der Waals surface area contributed by atoms with E-state index in [0.717, 1.165) is 11.3 Å². The molecule has 0 aliphatic heterocycles. The molecule has 2 aliphatic carbocycles. The Kier molecular flexibility index (Phi) is 4.25. The molecule has 2 atom stereocenters.